The maximum Gasteiger partial charge on any atom is 0.167 e. The van der Waals surface area contributed by atoms with Gasteiger partial charge in [-0.2, -0.15) is 0 Å². The third-order valence-electron chi connectivity index (χ3n) is 3.71. The van der Waals surface area contributed by atoms with Crippen molar-refractivity contribution in [1.82, 2.24) is 5.32 Å². The van der Waals surface area contributed by atoms with Gasteiger partial charge in [0.05, 0.1) is 6.04 Å². The molecule has 0 saturated carbocycles. The molecular formula is C18H22FNO. The van der Waals surface area contributed by atoms with Crippen molar-refractivity contribution in [3.8, 4) is 5.75 Å². The van der Waals surface area contributed by atoms with Crippen LogP contribution in [0.25, 0.3) is 0 Å². The predicted octanol–water partition coefficient (Wildman–Crippen LogP) is 4.09. The van der Waals surface area contributed by atoms with Crippen molar-refractivity contribution in [2.75, 3.05) is 13.7 Å². The van der Waals surface area contributed by atoms with Crippen molar-refractivity contribution in [2.45, 2.75) is 26.8 Å². The molecule has 2 aromatic carbocycles. The number of likely N-dealkylation sites (N-methyl/N-ethyl adjacent to an activating group) is 1. The maximum absolute atomic E-state index is 13.9. The molecule has 0 amide bonds. The first kappa shape index (κ1) is 15.5. The Morgan fingerprint density at radius 3 is 2.52 bits per heavy atom. The standard InChI is InChI=1S/C18H22FNO/c1-12-8-9-15(14(3)10-12)16(20-4)11-21-17-7-5-6-13(2)18(17)19/h5-10,16,20H,11H2,1-4H3. The summed E-state index contributed by atoms with van der Waals surface area (Å²) in [6.07, 6.45) is 0. The molecule has 3 heteroatoms. The van der Waals surface area contributed by atoms with Gasteiger partial charge in [0.25, 0.3) is 0 Å². The van der Waals surface area contributed by atoms with Crippen molar-refractivity contribution < 1.29 is 9.13 Å². The molecule has 0 aromatic heterocycles. The molecule has 1 unspecified atom stereocenters. The van der Waals surface area contributed by atoms with E-state index in [1.54, 1.807) is 25.1 Å². The summed E-state index contributed by atoms with van der Waals surface area (Å²) in [6, 6.07) is 11.6. The molecule has 2 rings (SSSR count). The molecule has 0 aliphatic heterocycles. The van der Waals surface area contributed by atoms with Gasteiger partial charge in [0.15, 0.2) is 11.6 Å². The van der Waals surface area contributed by atoms with Crippen LogP contribution in [0.3, 0.4) is 0 Å². The third kappa shape index (κ3) is 3.61. The minimum atomic E-state index is -0.284. The Hall–Kier alpha value is -1.87. The summed E-state index contributed by atoms with van der Waals surface area (Å²) in [5, 5.41) is 3.24. The van der Waals surface area contributed by atoms with Crippen LogP contribution in [-0.4, -0.2) is 13.7 Å². The second kappa shape index (κ2) is 6.72. The fraction of sp³-hybridized carbons (Fsp3) is 0.333. The molecule has 0 aliphatic rings. The number of benzene rings is 2. The van der Waals surface area contributed by atoms with Crippen LogP contribution in [0.5, 0.6) is 5.75 Å². The Labute approximate surface area is 126 Å². The Morgan fingerprint density at radius 2 is 1.86 bits per heavy atom. The maximum atomic E-state index is 13.9. The number of rotatable bonds is 5. The molecule has 0 heterocycles. The van der Waals surface area contributed by atoms with Gasteiger partial charge >= 0.3 is 0 Å². The third-order valence-corrected chi connectivity index (χ3v) is 3.71. The highest BCUT2D eigenvalue weighted by molar-refractivity contribution is 5.34. The number of aryl methyl sites for hydroxylation is 3. The van der Waals surface area contributed by atoms with E-state index < -0.39 is 0 Å². The van der Waals surface area contributed by atoms with Crippen molar-refractivity contribution in [3.05, 3.63) is 64.5 Å². The van der Waals surface area contributed by atoms with Crippen LogP contribution in [0.4, 0.5) is 4.39 Å². The number of ether oxygens (including phenoxy) is 1. The number of nitrogens with one attached hydrogen (secondary N) is 1. The molecule has 112 valence electrons. The fourth-order valence-corrected chi connectivity index (χ4v) is 2.45. The largest absolute Gasteiger partial charge is 0.489 e. The normalized spacial score (nSPS) is 12.2. The first-order valence-corrected chi connectivity index (χ1v) is 7.15. The van der Waals surface area contributed by atoms with E-state index in [0.29, 0.717) is 17.9 Å². The second-order valence-corrected chi connectivity index (χ2v) is 5.40. The Bertz CT molecular complexity index is 625. The topological polar surface area (TPSA) is 21.3 Å². The number of hydrogen-bond donors (Lipinski definition) is 1. The lowest BCUT2D eigenvalue weighted by Gasteiger charge is -2.20. The first-order valence-electron chi connectivity index (χ1n) is 7.15. The summed E-state index contributed by atoms with van der Waals surface area (Å²) in [6.45, 7) is 6.28. The quantitative estimate of drug-likeness (QED) is 0.894. The van der Waals surface area contributed by atoms with Crippen LogP contribution in [0.2, 0.25) is 0 Å². The van der Waals surface area contributed by atoms with E-state index in [9.17, 15) is 4.39 Å². The van der Waals surface area contributed by atoms with E-state index in [4.69, 9.17) is 4.74 Å². The van der Waals surface area contributed by atoms with Crippen LogP contribution in [0, 0.1) is 26.6 Å². The molecule has 0 aliphatic carbocycles. The lowest BCUT2D eigenvalue weighted by atomic mass is 10.00. The Balaban J connectivity index is 2.14. The van der Waals surface area contributed by atoms with Crippen LogP contribution >= 0.6 is 0 Å². The lowest BCUT2D eigenvalue weighted by molar-refractivity contribution is 0.260. The molecule has 0 bridgehead atoms. The van der Waals surface area contributed by atoms with E-state index >= 15 is 0 Å². The average molecular weight is 287 g/mol. The van der Waals surface area contributed by atoms with Gasteiger partial charge < -0.3 is 10.1 Å². The van der Waals surface area contributed by atoms with Crippen molar-refractivity contribution >= 4 is 0 Å². The predicted molar refractivity (Wildman–Crippen MR) is 84.3 cm³/mol. The summed E-state index contributed by atoms with van der Waals surface area (Å²) in [5.41, 5.74) is 4.22. The minimum Gasteiger partial charge on any atom is -0.489 e. The Morgan fingerprint density at radius 1 is 1.10 bits per heavy atom. The lowest BCUT2D eigenvalue weighted by Crippen LogP contribution is -2.24. The zero-order valence-electron chi connectivity index (χ0n) is 13.0. The van der Waals surface area contributed by atoms with Crippen molar-refractivity contribution in [2.24, 2.45) is 0 Å². The smallest absolute Gasteiger partial charge is 0.167 e. The van der Waals surface area contributed by atoms with E-state index in [1.807, 2.05) is 7.05 Å². The zero-order chi connectivity index (χ0) is 15.4. The summed E-state index contributed by atoms with van der Waals surface area (Å²) in [5.74, 6) is 0.0213. The highest BCUT2D eigenvalue weighted by Crippen LogP contribution is 2.23. The van der Waals surface area contributed by atoms with Gasteiger partial charge in [-0.15, -0.1) is 0 Å². The molecule has 0 saturated heterocycles. The van der Waals surface area contributed by atoms with Gasteiger partial charge in [-0.05, 0) is 50.6 Å². The van der Waals surface area contributed by atoms with E-state index in [2.05, 4.69) is 37.4 Å². The Kier molecular flexibility index (Phi) is 4.97. The van der Waals surface area contributed by atoms with Gasteiger partial charge in [-0.3, -0.25) is 0 Å². The molecule has 0 spiro atoms. The van der Waals surface area contributed by atoms with Crippen molar-refractivity contribution in [1.29, 1.82) is 0 Å². The summed E-state index contributed by atoms with van der Waals surface area (Å²) >= 11 is 0. The fourth-order valence-electron chi connectivity index (χ4n) is 2.45. The average Bonchev–Trinajstić information content (AvgIpc) is 2.45. The summed E-state index contributed by atoms with van der Waals surface area (Å²) in [7, 11) is 1.89. The van der Waals surface area contributed by atoms with E-state index in [0.717, 1.165) is 0 Å². The van der Waals surface area contributed by atoms with Crippen LogP contribution in [-0.2, 0) is 0 Å². The SMILES string of the molecule is CNC(COc1cccc(C)c1F)c1ccc(C)cc1C. The van der Waals surface area contributed by atoms with Crippen LogP contribution in [0.15, 0.2) is 36.4 Å². The van der Waals surface area contributed by atoms with Gasteiger partial charge in [0.2, 0.25) is 0 Å². The number of hydrogen-bond acceptors (Lipinski definition) is 2. The van der Waals surface area contributed by atoms with Gasteiger partial charge in [0, 0.05) is 0 Å². The van der Waals surface area contributed by atoms with Gasteiger partial charge in [0.1, 0.15) is 6.61 Å². The molecular weight excluding hydrogens is 265 g/mol. The molecule has 21 heavy (non-hydrogen) atoms. The zero-order valence-corrected chi connectivity index (χ0v) is 13.0. The van der Waals surface area contributed by atoms with Crippen LogP contribution in [0.1, 0.15) is 28.3 Å². The molecule has 1 N–H and O–H groups in total. The van der Waals surface area contributed by atoms with E-state index in [-0.39, 0.29) is 11.9 Å². The highest BCUT2D eigenvalue weighted by Gasteiger charge is 2.14. The van der Waals surface area contributed by atoms with Crippen molar-refractivity contribution in [3.63, 3.8) is 0 Å². The molecule has 0 fully saturated rings. The molecule has 1 atom stereocenters. The molecule has 2 nitrogen and oxygen atoms in total. The van der Waals surface area contributed by atoms with Gasteiger partial charge in [-0.25, -0.2) is 4.39 Å². The molecule has 0 radical (unpaired) electrons. The minimum absolute atomic E-state index is 0.0329. The molecule has 2 aromatic rings. The summed E-state index contributed by atoms with van der Waals surface area (Å²) in [4.78, 5) is 0. The summed E-state index contributed by atoms with van der Waals surface area (Å²) < 4.78 is 19.6. The number of halogens is 1. The van der Waals surface area contributed by atoms with Crippen LogP contribution < -0.4 is 10.1 Å². The monoisotopic (exact) mass is 287 g/mol. The first-order chi connectivity index (χ1) is 10.0. The highest BCUT2D eigenvalue weighted by atomic mass is 19.1. The second-order valence-electron chi connectivity index (χ2n) is 5.40. The van der Waals surface area contributed by atoms with Gasteiger partial charge in [-0.1, -0.05) is 35.9 Å². The van der Waals surface area contributed by atoms with E-state index in [1.165, 1.54) is 16.7 Å².